The summed E-state index contributed by atoms with van der Waals surface area (Å²) in [7, 11) is 0. The van der Waals surface area contributed by atoms with Gasteiger partial charge < -0.3 is 14.4 Å². The number of ether oxygens (including phenoxy) is 2. The van der Waals surface area contributed by atoms with E-state index >= 15 is 0 Å². The third-order valence-electron chi connectivity index (χ3n) is 5.67. The highest BCUT2D eigenvalue weighted by Gasteiger charge is 2.44. The van der Waals surface area contributed by atoms with E-state index in [-0.39, 0.29) is 11.9 Å². The molecule has 1 aliphatic carbocycles. The molecule has 0 aromatic heterocycles. The topological polar surface area (TPSA) is 21.7 Å². The van der Waals surface area contributed by atoms with Crippen molar-refractivity contribution in [2.24, 2.45) is 0 Å². The average Bonchev–Trinajstić information content (AvgIpc) is 3.02. The third kappa shape index (κ3) is 4.38. The molecule has 1 heterocycles. The van der Waals surface area contributed by atoms with Gasteiger partial charge in [-0.1, -0.05) is 50.6 Å². The summed E-state index contributed by atoms with van der Waals surface area (Å²) in [5.74, 6) is 0.375. The molecule has 0 N–H and O–H groups in total. The van der Waals surface area contributed by atoms with Gasteiger partial charge in [0.1, 0.15) is 0 Å². The number of hydrogen-bond donors (Lipinski definition) is 0. The van der Waals surface area contributed by atoms with E-state index in [4.69, 9.17) is 9.47 Å². The maximum atomic E-state index is 6.42. The van der Waals surface area contributed by atoms with E-state index in [1.165, 1.54) is 37.8 Å². The lowest BCUT2D eigenvalue weighted by molar-refractivity contribution is -0.190. The predicted molar refractivity (Wildman–Crippen MR) is 98.2 cm³/mol. The Labute approximate surface area is 147 Å². The third-order valence-corrected chi connectivity index (χ3v) is 5.67. The Balaban J connectivity index is 1.49. The summed E-state index contributed by atoms with van der Waals surface area (Å²) in [5.41, 5.74) is 1.47. The zero-order valence-electron chi connectivity index (χ0n) is 15.4. The summed E-state index contributed by atoms with van der Waals surface area (Å²) in [4.78, 5) is 2.51. The lowest BCUT2D eigenvalue weighted by Crippen LogP contribution is -2.38. The minimum atomic E-state index is -0.292. The molecule has 3 heteroatoms. The van der Waals surface area contributed by atoms with Gasteiger partial charge >= 0.3 is 0 Å². The molecule has 0 amide bonds. The molecule has 1 saturated heterocycles. The molecule has 3 rings (SSSR count). The Bertz CT molecular complexity index is 482. The fraction of sp³-hybridized carbons (Fsp3) is 0.714. The van der Waals surface area contributed by atoms with Crippen molar-refractivity contribution in [1.29, 1.82) is 0 Å². The van der Waals surface area contributed by atoms with Gasteiger partial charge in [0.25, 0.3) is 0 Å². The first-order valence-electron chi connectivity index (χ1n) is 9.83. The highest BCUT2D eigenvalue weighted by atomic mass is 16.7. The van der Waals surface area contributed by atoms with Crippen molar-refractivity contribution in [3.8, 4) is 0 Å². The smallest absolute Gasteiger partial charge is 0.169 e. The summed E-state index contributed by atoms with van der Waals surface area (Å²) in [6, 6.07) is 10.9. The van der Waals surface area contributed by atoms with Gasteiger partial charge in [-0.15, -0.1) is 0 Å². The highest BCUT2D eigenvalue weighted by molar-refractivity contribution is 5.20. The van der Waals surface area contributed by atoms with Crippen LogP contribution in [0.3, 0.4) is 0 Å². The molecular formula is C21H33NO2. The van der Waals surface area contributed by atoms with Crippen molar-refractivity contribution < 1.29 is 9.47 Å². The molecule has 1 aromatic carbocycles. The Morgan fingerprint density at radius 2 is 1.88 bits per heavy atom. The van der Waals surface area contributed by atoms with E-state index in [0.717, 1.165) is 32.5 Å². The molecule has 1 saturated carbocycles. The van der Waals surface area contributed by atoms with Gasteiger partial charge in [0, 0.05) is 19.4 Å². The Hall–Kier alpha value is -0.900. The SMILES string of the molecule is CCCCN(CC)CC1COC2(CCC(c3ccccc3)CC2)O1. The number of hydrogen-bond acceptors (Lipinski definition) is 3. The first-order chi connectivity index (χ1) is 11.7. The van der Waals surface area contributed by atoms with E-state index in [1.807, 2.05) is 0 Å². The van der Waals surface area contributed by atoms with Crippen LogP contribution >= 0.6 is 0 Å². The maximum absolute atomic E-state index is 6.42. The van der Waals surface area contributed by atoms with Gasteiger partial charge in [-0.3, -0.25) is 0 Å². The van der Waals surface area contributed by atoms with Crippen LogP contribution in [0.2, 0.25) is 0 Å². The molecule has 134 valence electrons. The van der Waals surface area contributed by atoms with Crippen molar-refractivity contribution >= 4 is 0 Å². The van der Waals surface area contributed by atoms with E-state index in [0.29, 0.717) is 5.92 Å². The van der Waals surface area contributed by atoms with Gasteiger partial charge in [-0.2, -0.15) is 0 Å². The van der Waals surface area contributed by atoms with Crippen LogP contribution in [-0.2, 0) is 9.47 Å². The summed E-state index contributed by atoms with van der Waals surface area (Å²) in [6.07, 6.45) is 7.17. The summed E-state index contributed by atoms with van der Waals surface area (Å²) in [5, 5.41) is 0. The lowest BCUT2D eigenvalue weighted by atomic mass is 9.81. The van der Waals surface area contributed by atoms with Gasteiger partial charge in [0.15, 0.2) is 5.79 Å². The number of benzene rings is 1. The number of unbranched alkanes of at least 4 members (excludes halogenated alkanes) is 1. The monoisotopic (exact) mass is 331 g/mol. The zero-order valence-corrected chi connectivity index (χ0v) is 15.4. The molecule has 0 radical (unpaired) electrons. The largest absolute Gasteiger partial charge is 0.347 e. The van der Waals surface area contributed by atoms with Crippen LogP contribution in [0.15, 0.2) is 30.3 Å². The van der Waals surface area contributed by atoms with Crippen molar-refractivity contribution in [3.05, 3.63) is 35.9 Å². The Kier molecular flexibility index (Phi) is 6.31. The summed E-state index contributed by atoms with van der Waals surface area (Å²) < 4.78 is 12.6. The quantitative estimate of drug-likeness (QED) is 0.730. The van der Waals surface area contributed by atoms with E-state index in [1.54, 1.807) is 0 Å². The van der Waals surface area contributed by atoms with Gasteiger partial charge in [-0.25, -0.2) is 0 Å². The second kappa shape index (κ2) is 8.46. The van der Waals surface area contributed by atoms with Crippen LogP contribution in [0.1, 0.15) is 63.9 Å². The van der Waals surface area contributed by atoms with E-state index in [9.17, 15) is 0 Å². The normalized spacial score (nSPS) is 30.3. The van der Waals surface area contributed by atoms with Crippen molar-refractivity contribution in [2.75, 3.05) is 26.2 Å². The lowest BCUT2D eigenvalue weighted by Gasteiger charge is -2.36. The molecule has 1 atom stereocenters. The minimum absolute atomic E-state index is 0.245. The second-order valence-corrected chi connectivity index (χ2v) is 7.39. The Morgan fingerprint density at radius 1 is 1.12 bits per heavy atom. The number of likely N-dealkylation sites (N-methyl/N-ethyl adjacent to an activating group) is 1. The van der Waals surface area contributed by atoms with Crippen LogP contribution in [0.25, 0.3) is 0 Å². The van der Waals surface area contributed by atoms with Gasteiger partial charge in [-0.05, 0) is 43.8 Å². The maximum Gasteiger partial charge on any atom is 0.169 e. The highest BCUT2D eigenvalue weighted by Crippen LogP contribution is 2.43. The van der Waals surface area contributed by atoms with Crippen LogP contribution in [0.4, 0.5) is 0 Å². The standard InChI is InChI=1S/C21H33NO2/c1-3-5-15-22(4-2)16-20-17-23-21(24-20)13-11-19(12-14-21)18-9-7-6-8-10-18/h6-10,19-20H,3-5,11-17H2,1-2H3. The Morgan fingerprint density at radius 3 is 2.54 bits per heavy atom. The summed E-state index contributed by atoms with van der Waals surface area (Å²) in [6.45, 7) is 8.55. The number of rotatable bonds is 7. The first kappa shape index (κ1) is 17.9. The molecule has 3 nitrogen and oxygen atoms in total. The summed E-state index contributed by atoms with van der Waals surface area (Å²) >= 11 is 0. The van der Waals surface area contributed by atoms with Crippen LogP contribution in [-0.4, -0.2) is 43.0 Å². The molecule has 2 fully saturated rings. The first-order valence-corrected chi connectivity index (χ1v) is 9.83. The van der Waals surface area contributed by atoms with E-state index in [2.05, 4.69) is 49.1 Å². The van der Waals surface area contributed by atoms with Crippen LogP contribution < -0.4 is 0 Å². The molecule has 1 unspecified atom stereocenters. The average molecular weight is 332 g/mol. The second-order valence-electron chi connectivity index (χ2n) is 7.39. The molecule has 1 aromatic rings. The van der Waals surface area contributed by atoms with Crippen molar-refractivity contribution in [2.45, 2.75) is 70.2 Å². The fourth-order valence-electron chi connectivity index (χ4n) is 4.13. The van der Waals surface area contributed by atoms with Crippen LogP contribution in [0, 0.1) is 0 Å². The predicted octanol–water partition coefficient (Wildman–Crippen LogP) is 4.58. The van der Waals surface area contributed by atoms with Crippen molar-refractivity contribution in [3.63, 3.8) is 0 Å². The zero-order chi connectivity index (χ0) is 16.8. The fourth-order valence-corrected chi connectivity index (χ4v) is 4.13. The van der Waals surface area contributed by atoms with Gasteiger partial charge in [0.05, 0.1) is 12.7 Å². The minimum Gasteiger partial charge on any atom is -0.347 e. The van der Waals surface area contributed by atoms with Crippen molar-refractivity contribution in [1.82, 2.24) is 4.90 Å². The molecule has 1 spiro atoms. The van der Waals surface area contributed by atoms with E-state index < -0.39 is 0 Å². The molecule has 0 bridgehead atoms. The molecular weight excluding hydrogens is 298 g/mol. The van der Waals surface area contributed by atoms with Crippen LogP contribution in [0.5, 0.6) is 0 Å². The molecule has 1 aliphatic heterocycles. The molecule has 24 heavy (non-hydrogen) atoms. The van der Waals surface area contributed by atoms with Gasteiger partial charge in [0.2, 0.25) is 0 Å². The molecule has 2 aliphatic rings. The number of nitrogens with zero attached hydrogens (tertiary/aromatic N) is 1.